The van der Waals surface area contributed by atoms with Crippen LogP contribution in [0.5, 0.6) is 0 Å². The Balaban J connectivity index is 1.93. The van der Waals surface area contributed by atoms with Crippen molar-refractivity contribution in [3.8, 4) is 0 Å². The van der Waals surface area contributed by atoms with Gasteiger partial charge in [0.25, 0.3) is 5.91 Å². The molecule has 0 aromatic heterocycles. The lowest BCUT2D eigenvalue weighted by Gasteiger charge is -2.37. The summed E-state index contributed by atoms with van der Waals surface area (Å²) in [6.07, 6.45) is 0. The van der Waals surface area contributed by atoms with E-state index < -0.39 is 5.97 Å². The van der Waals surface area contributed by atoms with Crippen molar-refractivity contribution in [2.24, 2.45) is 0 Å². The molecule has 0 unspecified atom stereocenters. The topological polar surface area (TPSA) is 60.9 Å². The largest absolute Gasteiger partial charge is 0.480 e. The molecule has 2 aromatic carbocycles. The number of para-hydroxylation sites is 1. The van der Waals surface area contributed by atoms with Gasteiger partial charge < -0.3 is 14.9 Å². The van der Waals surface area contributed by atoms with E-state index in [0.29, 0.717) is 12.1 Å². The van der Waals surface area contributed by atoms with E-state index in [0.717, 1.165) is 11.3 Å². The highest BCUT2D eigenvalue weighted by molar-refractivity contribution is 6.02. The van der Waals surface area contributed by atoms with Gasteiger partial charge in [0.05, 0.1) is 17.9 Å². The smallest absolute Gasteiger partial charge is 0.323 e. The normalized spacial score (nSPS) is 13.9. The van der Waals surface area contributed by atoms with Gasteiger partial charge in [0.15, 0.2) is 0 Å². The number of benzene rings is 2. The molecule has 2 aromatic rings. The minimum atomic E-state index is -1.01. The third-order valence-corrected chi connectivity index (χ3v) is 3.65. The molecule has 0 saturated heterocycles. The molecule has 112 valence electrons. The highest BCUT2D eigenvalue weighted by atomic mass is 16.4. The fourth-order valence-corrected chi connectivity index (χ4v) is 2.67. The summed E-state index contributed by atoms with van der Waals surface area (Å²) in [6, 6.07) is 17.2. The molecule has 0 atom stereocenters. The van der Waals surface area contributed by atoms with Gasteiger partial charge in [-0.1, -0.05) is 42.5 Å². The number of rotatable bonds is 4. The number of amides is 1. The number of carboxylic acid groups (broad SMARTS) is 1. The van der Waals surface area contributed by atoms with Crippen molar-refractivity contribution < 1.29 is 14.7 Å². The number of carboxylic acids is 1. The van der Waals surface area contributed by atoms with Crippen molar-refractivity contribution in [1.29, 1.82) is 0 Å². The van der Waals surface area contributed by atoms with E-state index in [4.69, 9.17) is 5.11 Å². The third-order valence-electron chi connectivity index (χ3n) is 3.65. The molecule has 1 heterocycles. The lowest BCUT2D eigenvalue weighted by molar-refractivity contribution is -0.137. The number of carbonyl (C=O) groups excluding carboxylic acids is 1. The number of nitrogens with zero attached hydrogens (tertiary/aromatic N) is 2. The van der Waals surface area contributed by atoms with Crippen LogP contribution in [0.25, 0.3) is 0 Å². The third kappa shape index (κ3) is 2.79. The molecule has 5 heteroatoms. The molecule has 1 N–H and O–H groups in total. The van der Waals surface area contributed by atoms with Crippen molar-refractivity contribution in [3.05, 3.63) is 65.7 Å². The zero-order valence-corrected chi connectivity index (χ0v) is 12.0. The molecular weight excluding hydrogens is 280 g/mol. The van der Waals surface area contributed by atoms with Crippen LogP contribution in [0.1, 0.15) is 15.9 Å². The summed E-state index contributed by atoms with van der Waals surface area (Å²) in [6.45, 7) is 0.608. The van der Waals surface area contributed by atoms with Gasteiger partial charge in [0.1, 0.15) is 6.54 Å². The molecule has 0 radical (unpaired) electrons. The maximum atomic E-state index is 12.4. The lowest BCUT2D eigenvalue weighted by Crippen LogP contribution is -2.48. The molecule has 0 aliphatic carbocycles. The van der Waals surface area contributed by atoms with Crippen molar-refractivity contribution in [3.63, 3.8) is 0 Å². The Morgan fingerprint density at radius 3 is 2.41 bits per heavy atom. The van der Waals surface area contributed by atoms with Gasteiger partial charge in [-0.15, -0.1) is 0 Å². The predicted octanol–water partition coefficient (Wildman–Crippen LogP) is 2.19. The molecule has 1 aliphatic rings. The summed E-state index contributed by atoms with van der Waals surface area (Å²) in [5.41, 5.74) is 2.51. The van der Waals surface area contributed by atoms with Crippen LogP contribution in [0, 0.1) is 0 Å². The Morgan fingerprint density at radius 1 is 1.00 bits per heavy atom. The van der Waals surface area contributed by atoms with E-state index in [1.807, 2.05) is 47.4 Å². The number of hydrogen-bond donors (Lipinski definition) is 1. The van der Waals surface area contributed by atoms with Crippen LogP contribution >= 0.6 is 0 Å². The minimum Gasteiger partial charge on any atom is -0.480 e. The average Bonchev–Trinajstić information content (AvgIpc) is 2.52. The molecule has 1 aliphatic heterocycles. The van der Waals surface area contributed by atoms with Crippen molar-refractivity contribution in [1.82, 2.24) is 4.90 Å². The van der Waals surface area contributed by atoms with E-state index in [9.17, 15) is 9.59 Å². The zero-order valence-electron chi connectivity index (χ0n) is 12.0. The van der Waals surface area contributed by atoms with Gasteiger partial charge in [-0.25, -0.2) is 0 Å². The lowest BCUT2D eigenvalue weighted by atomic mass is 10.1. The Morgan fingerprint density at radius 2 is 1.68 bits per heavy atom. The summed E-state index contributed by atoms with van der Waals surface area (Å²) >= 11 is 0. The van der Waals surface area contributed by atoms with E-state index in [1.165, 1.54) is 4.90 Å². The summed E-state index contributed by atoms with van der Waals surface area (Å²) in [5.74, 6) is -1.24. The van der Waals surface area contributed by atoms with Gasteiger partial charge in [-0.05, 0) is 17.7 Å². The highest BCUT2D eigenvalue weighted by Gasteiger charge is 2.29. The highest BCUT2D eigenvalue weighted by Crippen LogP contribution is 2.28. The molecule has 0 spiro atoms. The van der Waals surface area contributed by atoms with Crippen LogP contribution < -0.4 is 4.90 Å². The van der Waals surface area contributed by atoms with Gasteiger partial charge in [-0.3, -0.25) is 9.59 Å². The molecule has 5 nitrogen and oxygen atoms in total. The molecular formula is C17H16N2O3. The number of hydrogen-bond acceptors (Lipinski definition) is 3. The monoisotopic (exact) mass is 296 g/mol. The fraction of sp³-hybridized carbons (Fsp3) is 0.176. The van der Waals surface area contributed by atoms with Crippen LogP contribution in [-0.2, 0) is 11.3 Å². The first-order chi connectivity index (χ1) is 10.6. The molecule has 3 rings (SSSR count). The second kappa shape index (κ2) is 5.89. The van der Waals surface area contributed by atoms with Gasteiger partial charge in [0.2, 0.25) is 0 Å². The van der Waals surface area contributed by atoms with E-state index in [-0.39, 0.29) is 19.1 Å². The molecule has 1 amide bonds. The van der Waals surface area contributed by atoms with Crippen LogP contribution in [0.15, 0.2) is 54.6 Å². The Hall–Kier alpha value is -2.82. The second-order valence-corrected chi connectivity index (χ2v) is 5.24. The predicted molar refractivity (Wildman–Crippen MR) is 82.6 cm³/mol. The maximum absolute atomic E-state index is 12.4. The SMILES string of the molecule is O=C(O)CN1CN(Cc2ccccc2)c2ccccc2C1=O. The Labute approximate surface area is 128 Å². The molecule has 0 saturated carbocycles. The Bertz CT molecular complexity index is 700. The number of fused-ring (bicyclic) bond motifs is 1. The summed E-state index contributed by atoms with van der Waals surface area (Å²) in [5, 5.41) is 9.00. The number of aliphatic carboxylic acids is 1. The van der Waals surface area contributed by atoms with Crippen molar-refractivity contribution in [2.75, 3.05) is 18.1 Å². The van der Waals surface area contributed by atoms with Crippen molar-refractivity contribution in [2.45, 2.75) is 6.54 Å². The average molecular weight is 296 g/mol. The van der Waals surface area contributed by atoms with Crippen LogP contribution in [0.4, 0.5) is 5.69 Å². The van der Waals surface area contributed by atoms with Gasteiger partial charge in [0, 0.05) is 6.54 Å². The van der Waals surface area contributed by atoms with E-state index >= 15 is 0 Å². The summed E-state index contributed by atoms with van der Waals surface area (Å²) in [4.78, 5) is 26.7. The first-order valence-electron chi connectivity index (χ1n) is 7.04. The fourth-order valence-electron chi connectivity index (χ4n) is 2.67. The van der Waals surface area contributed by atoms with Gasteiger partial charge >= 0.3 is 5.97 Å². The van der Waals surface area contributed by atoms with E-state index in [2.05, 4.69) is 0 Å². The number of carbonyl (C=O) groups is 2. The molecule has 22 heavy (non-hydrogen) atoms. The maximum Gasteiger partial charge on any atom is 0.323 e. The minimum absolute atomic E-state index is 0.234. The molecule has 0 fully saturated rings. The van der Waals surface area contributed by atoms with Crippen LogP contribution in [0.2, 0.25) is 0 Å². The first-order valence-corrected chi connectivity index (χ1v) is 7.04. The first kappa shape index (κ1) is 14.1. The van der Waals surface area contributed by atoms with Crippen LogP contribution in [0.3, 0.4) is 0 Å². The van der Waals surface area contributed by atoms with Crippen molar-refractivity contribution >= 4 is 17.6 Å². The quantitative estimate of drug-likeness (QED) is 0.939. The second-order valence-electron chi connectivity index (χ2n) is 5.24. The van der Waals surface area contributed by atoms with Crippen LogP contribution in [-0.4, -0.2) is 35.1 Å². The Kier molecular flexibility index (Phi) is 3.78. The standard InChI is InChI=1S/C17H16N2O3/c20-16(21)11-19-12-18(10-13-6-2-1-3-7-13)15-9-5-4-8-14(15)17(19)22/h1-9H,10-12H2,(H,20,21). The zero-order chi connectivity index (χ0) is 15.5. The van der Waals surface area contributed by atoms with E-state index in [1.54, 1.807) is 12.1 Å². The summed E-state index contributed by atoms with van der Waals surface area (Å²) < 4.78 is 0. The number of anilines is 1. The van der Waals surface area contributed by atoms with Gasteiger partial charge in [-0.2, -0.15) is 0 Å². The summed E-state index contributed by atoms with van der Waals surface area (Å²) in [7, 11) is 0. The molecule has 0 bridgehead atoms.